The van der Waals surface area contributed by atoms with Crippen LogP contribution in [0, 0.1) is 0 Å². The fourth-order valence-electron chi connectivity index (χ4n) is 3.11. The first-order valence-corrected chi connectivity index (χ1v) is 11.5. The molecule has 0 fully saturated rings. The molecular weight excluding hydrogens is 414 g/mol. The molecule has 0 radical (unpaired) electrons. The van der Waals surface area contributed by atoms with Gasteiger partial charge >= 0.3 is 10.1 Å². The van der Waals surface area contributed by atoms with Crippen molar-refractivity contribution in [3.63, 3.8) is 0 Å². The minimum Gasteiger partial charge on any atom is -0.454 e. The number of rotatable bonds is 8. The summed E-state index contributed by atoms with van der Waals surface area (Å²) < 4.78 is 41.0. The van der Waals surface area contributed by atoms with Crippen molar-refractivity contribution in [1.29, 1.82) is 0 Å². The molecule has 0 atom stereocenters. The molecular formula is C24H23NO5S. The lowest BCUT2D eigenvalue weighted by Crippen LogP contribution is -2.09. The van der Waals surface area contributed by atoms with Gasteiger partial charge in [0, 0.05) is 6.21 Å². The third-order valence-corrected chi connectivity index (χ3v) is 6.09. The van der Waals surface area contributed by atoms with E-state index in [1.165, 1.54) is 0 Å². The smallest absolute Gasteiger partial charge is 0.339 e. The van der Waals surface area contributed by atoms with E-state index in [0.717, 1.165) is 36.1 Å². The van der Waals surface area contributed by atoms with E-state index in [2.05, 4.69) is 11.9 Å². The third kappa shape index (κ3) is 5.24. The molecule has 3 aromatic carbocycles. The summed E-state index contributed by atoms with van der Waals surface area (Å²) in [7, 11) is -3.89. The van der Waals surface area contributed by atoms with Gasteiger partial charge in [0.2, 0.25) is 6.79 Å². The van der Waals surface area contributed by atoms with E-state index >= 15 is 0 Å². The first-order chi connectivity index (χ1) is 15.0. The Kier molecular flexibility index (Phi) is 6.23. The van der Waals surface area contributed by atoms with E-state index in [-0.39, 0.29) is 17.4 Å². The van der Waals surface area contributed by atoms with Gasteiger partial charge in [0.15, 0.2) is 11.5 Å². The van der Waals surface area contributed by atoms with Crippen molar-refractivity contribution < 1.29 is 22.1 Å². The molecule has 1 heterocycles. The number of hydrogen-bond donors (Lipinski definition) is 0. The number of fused-ring (bicyclic) bond motifs is 1. The van der Waals surface area contributed by atoms with Gasteiger partial charge in [0.1, 0.15) is 10.6 Å². The van der Waals surface area contributed by atoms with E-state index in [9.17, 15) is 8.42 Å². The largest absolute Gasteiger partial charge is 0.454 e. The molecule has 0 aliphatic carbocycles. The average Bonchev–Trinajstić information content (AvgIpc) is 3.25. The Morgan fingerprint density at radius 1 is 0.968 bits per heavy atom. The van der Waals surface area contributed by atoms with Gasteiger partial charge < -0.3 is 13.7 Å². The van der Waals surface area contributed by atoms with Crippen LogP contribution in [-0.4, -0.2) is 21.4 Å². The summed E-state index contributed by atoms with van der Waals surface area (Å²) in [5, 5.41) is 0. The SMILES string of the molecule is CCCCc1ccc(S(=O)(=O)Oc2ccc(N=Cc3ccc4c(c3)OCO4)cc2)cc1. The maximum atomic E-state index is 12.5. The summed E-state index contributed by atoms with van der Waals surface area (Å²) >= 11 is 0. The van der Waals surface area contributed by atoms with Crippen molar-refractivity contribution in [2.75, 3.05) is 6.79 Å². The van der Waals surface area contributed by atoms with Crippen LogP contribution in [0.5, 0.6) is 17.2 Å². The molecule has 0 saturated heterocycles. The number of ether oxygens (including phenoxy) is 2. The molecule has 1 aliphatic rings. The first-order valence-electron chi connectivity index (χ1n) is 10.1. The Bertz CT molecular complexity index is 1170. The Morgan fingerprint density at radius 3 is 2.45 bits per heavy atom. The van der Waals surface area contributed by atoms with E-state index in [4.69, 9.17) is 13.7 Å². The Hall–Kier alpha value is -3.32. The number of aryl methyl sites for hydroxylation is 1. The van der Waals surface area contributed by atoms with E-state index in [1.807, 2.05) is 30.3 Å². The molecule has 160 valence electrons. The van der Waals surface area contributed by atoms with Crippen LogP contribution < -0.4 is 13.7 Å². The monoisotopic (exact) mass is 437 g/mol. The summed E-state index contributed by atoms with van der Waals surface area (Å²) in [5.41, 5.74) is 2.66. The summed E-state index contributed by atoms with van der Waals surface area (Å²) in [4.78, 5) is 4.54. The minimum atomic E-state index is -3.89. The van der Waals surface area contributed by atoms with Crippen LogP contribution in [-0.2, 0) is 16.5 Å². The highest BCUT2D eigenvalue weighted by Gasteiger charge is 2.16. The van der Waals surface area contributed by atoms with Gasteiger partial charge in [-0.1, -0.05) is 25.5 Å². The van der Waals surface area contributed by atoms with Crippen LogP contribution >= 0.6 is 0 Å². The van der Waals surface area contributed by atoms with Crippen molar-refractivity contribution in [2.24, 2.45) is 4.99 Å². The van der Waals surface area contributed by atoms with Crippen LogP contribution in [0.25, 0.3) is 0 Å². The Balaban J connectivity index is 1.40. The van der Waals surface area contributed by atoms with Gasteiger partial charge in [-0.05, 0) is 78.6 Å². The molecule has 0 N–H and O–H groups in total. The number of nitrogens with zero attached hydrogens (tertiary/aromatic N) is 1. The van der Waals surface area contributed by atoms with Crippen molar-refractivity contribution in [2.45, 2.75) is 31.1 Å². The zero-order chi connectivity index (χ0) is 21.7. The first kappa shape index (κ1) is 20.9. The minimum absolute atomic E-state index is 0.137. The topological polar surface area (TPSA) is 74.2 Å². The van der Waals surface area contributed by atoms with Crippen molar-refractivity contribution in [3.8, 4) is 17.2 Å². The van der Waals surface area contributed by atoms with Crippen molar-refractivity contribution in [1.82, 2.24) is 0 Å². The normalized spacial score (nSPS) is 12.9. The zero-order valence-electron chi connectivity index (χ0n) is 17.2. The zero-order valence-corrected chi connectivity index (χ0v) is 18.0. The van der Waals surface area contributed by atoms with Gasteiger partial charge in [-0.3, -0.25) is 4.99 Å². The van der Waals surface area contributed by atoms with Crippen molar-refractivity contribution >= 4 is 22.0 Å². The van der Waals surface area contributed by atoms with Crippen LogP contribution in [0.4, 0.5) is 5.69 Å². The van der Waals surface area contributed by atoms with Gasteiger partial charge in [-0.2, -0.15) is 8.42 Å². The maximum absolute atomic E-state index is 12.5. The molecule has 0 unspecified atom stereocenters. The third-order valence-electron chi connectivity index (χ3n) is 4.83. The van der Waals surface area contributed by atoms with Crippen LogP contribution in [0.3, 0.4) is 0 Å². The summed E-state index contributed by atoms with van der Waals surface area (Å²) in [6.07, 6.45) is 4.81. The predicted octanol–water partition coefficient (Wildman–Crippen LogP) is 5.28. The second-order valence-electron chi connectivity index (χ2n) is 7.15. The van der Waals surface area contributed by atoms with E-state index < -0.39 is 10.1 Å². The summed E-state index contributed by atoms with van der Waals surface area (Å²) in [6, 6.07) is 19.0. The van der Waals surface area contributed by atoms with Crippen LogP contribution in [0.15, 0.2) is 76.6 Å². The summed E-state index contributed by atoms with van der Waals surface area (Å²) in [5.74, 6) is 1.64. The molecule has 4 rings (SSSR count). The lowest BCUT2D eigenvalue weighted by molar-refractivity contribution is 0.174. The lowest BCUT2D eigenvalue weighted by Gasteiger charge is -2.08. The highest BCUT2D eigenvalue weighted by Crippen LogP contribution is 2.32. The highest BCUT2D eigenvalue weighted by molar-refractivity contribution is 7.87. The van der Waals surface area contributed by atoms with Gasteiger partial charge in [-0.15, -0.1) is 0 Å². The molecule has 0 aromatic heterocycles. The second-order valence-corrected chi connectivity index (χ2v) is 8.70. The molecule has 31 heavy (non-hydrogen) atoms. The highest BCUT2D eigenvalue weighted by atomic mass is 32.2. The molecule has 3 aromatic rings. The maximum Gasteiger partial charge on any atom is 0.339 e. The summed E-state index contributed by atoms with van der Waals surface area (Å²) in [6.45, 7) is 2.35. The average molecular weight is 438 g/mol. The molecule has 0 amide bonds. The van der Waals surface area contributed by atoms with E-state index in [1.54, 1.807) is 42.6 Å². The molecule has 0 spiro atoms. The van der Waals surface area contributed by atoms with Gasteiger partial charge in [-0.25, -0.2) is 0 Å². The van der Waals surface area contributed by atoms with Crippen LogP contribution in [0.2, 0.25) is 0 Å². The van der Waals surface area contributed by atoms with Gasteiger partial charge in [0.25, 0.3) is 0 Å². The lowest BCUT2D eigenvalue weighted by atomic mass is 10.1. The number of unbranched alkanes of at least 4 members (excludes halogenated alkanes) is 1. The molecule has 6 nitrogen and oxygen atoms in total. The fraction of sp³-hybridized carbons (Fsp3) is 0.208. The fourth-order valence-corrected chi connectivity index (χ4v) is 4.04. The quantitative estimate of drug-likeness (QED) is 0.354. The number of hydrogen-bond acceptors (Lipinski definition) is 6. The molecule has 0 saturated carbocycles. The van der Waals surface area contributed by atoms with E-state index in [0.29, 0.717) is 11.4 Å². The van der Waals surface area contributed by atoms with Gasteiger partial charge in [0.05, 0.1) is 5.69 Å². The Labute approximate surface area is 182 Å². The predicted molar refractivity (Wildman–Crippen MR) is 119 cm³/mol. The number of aliphatic imine (C=N–C) groups is 1. The molecule has 0 bridgehead atoms. The Morgan fingerprint density at radius 2 is 1.71 bits per heavy atom. The molecule has 1 aliphatic heterocycles. The second kappa shape index (κ2) is 9.22. The number of benzene rings is 3. The standard InChI is InChI=1S/C24H23NO5S/c1-2-3-4-18-5-12-22(13-6-18)31(26,27)30-21-10-8-20(9-11-21)25-16-19-7-14-23-24(15-19)29-17-28-23/h5-16H,2-4,17H2,1H3. The molecule has 7 heteroatoms. The van der Waals surface area contributed by atoms with Crippen LogP contribution in [0.1, 0.15) is 30.9 Å². The van der Waals surface area contributed by atoms with Crippen molar-refractivity contribution in [3.05, 3.63) is 77.9 Å².